The lowest BCUT2D eigenvalue weighted by atomic mass is 10.1. The SMILES string of the molecule is O=C(O)Cc1cc(C(F)F)c(Br)[nH]c1=O. The highest BCUT2D eigenvalue weighted by Gasteiger charge is 2.16. The van der Waals surface area contributed by atoms with Crippen LogP contribution in [0, 0.1) is 0 Å². The first kappa shape index (κ1) is 11.8. The molecule has 82 valence electrons. The first-order valence-electron chi connectivity index (χ1n) is 3.83. The van der Waals surface area contributed by atoms with Crippen molar-refractivity contribution in [1.82, 2.24) is 4.98 Å². The fourth-order valence-electron chi connectivity index (χ4n) is 1.02. The summed E-state index contributed by atoms with van der Waals surface area (Å²) < 4.78 is 24.6. The van der Waals surface area contributed by atoms with Crippen LogP contribution in [0.25, 0.3) is 0 Å². The van der Waals surface area contributed by atoms with Crippen LogP contribution in [0.15, 0.2) is 15.5 Å². The van der Waals surface area contributed by atoms with Gasteiger partial charge in [-0.2, -0.15) is 0 Å². The minimum Gasteiger partial charge on any atom is -0.481 e. The molecule has 0 spiro atoms. The van der Waals surface area contributed by atoms with Crippen LogP contribution < -0.4 is 5.56 Å². The van der Waals surface area contributed by atoms with E-state index in [0.717, 1.165) is 6.07 Å². The molecule has 0 saturated heterocycles. The molecule has 0 saturated carbocycles. The minimum absolute atomic E-state index is 0.128. The summed E-state index contributed by atoms with van der Waals surface area (Å²) in [5.41, 5.74) is -1.31. The lowest BCUT2D eigenvalue weighted by Gasteiger charge is -2.04. The molecule has 1 aromatic rings. The van der Waals surface area contributed by atoms with E-state index in [0.29, 0.717) is 0 Å². The molecule has 4 nitrogen and oxygen atoms in total. The predicted molar refractivity (Wildman–Crippen MR) is 51.1 cm³/mol. The third-order valence-corrected chi connectivity index (χ3v) is 2.33. The van der Waals surface area contributed by atoms with Crippen molar-refractivity contribution in [2.75, 3.05) is 0 Å². The second-order valence-electron chi connectivity index (χ2n) is 2.76. The smallest absolute Gasteiger partial charge is 0.308 e. The Kier molecular flexibility index (Phi) is 3.57. The van der Waals surface area contributed by atoms with Crippen molar-refractivity contribution in [2.45, 2.75) is 12.8 Å². The number of halogens is 3. The molecule has 0 aromatic carbocycles. The summed E-state index contributed by atoms with van der Waals surface area (Å²) >= 11 is 2.77. The van der Waals surface area contributed by atoms with Crippen molar-refractivity contribution in [3.63, 3.8) is 0 Å². The summed E-state index contributed by atoms with van der Waals surface area (Å²) in [5.74, 6) is -1.25. The Morgan fingerprint density at radius 2 is 2.20 bits per heavy atom. The lowest BCUT2D eigenvalue weighted by Crippen LogP contribution is -2.17. The Morgan fingerprint density at radius 3 is 2.67 bits per heavy atom. The average Bonchev–Trinajstić information content (AvgIpc) is 2.08. The number of aliphatic carboxylic acids is 1. The van der Waals surface area contributed by atoms with Gasteiger partial charge in [-0.05, 0) is 22.0 Å². The molecule has 7 heteroatoms. The fraction of sp³-hybridized carbons (Fsp3) is 0.250. The predicted octanol–water partition coefficient (Wildman–Crippen LogP) is 1.70. The number of pyridine rings is 1. The number of hydrogen-bond donors (Lipinski definition) is 2. The Balaban J connectivity index is 3.23. The molecule has 0 amide bonds. The molecular formula is C8H6BrF2NO3. The summed E-state index contributed by atoms with van der Waals surface area (Å²) in [6.07, 6.45) is -3.36. The van der Waals surface area contributed by atoms with Crippen LogP contribution >= 0.6 is 15.9 Å². The van der Waals surface area contributed by atoms with Gasteiger partial charge in [-0.1, -0.05) is 0 Å². The van der Waals surface area contributed by atoms with Gasteiger partial charge in [-0.25, -0.2) is 8.78 Å². The number of aromatic nitrogens is 1. The molecule has 0 atom stereocenters. The Morgan fingerprint density at radius 1 is 1.60 bits per heavy atom. The number of aromatic amines is 1. The van der Waals surface area contributed by atoms with Crippen molar-refractivity contribution in [3.8, 4) is 0 Å². The standard InChI is InChI=1S/C8H6BrF2NO3/c9-6-4(7(10)11)1-3(2-5(13)14)8(15)12-6/h1,7H,2H2,(H,12,15)(H,13,14). The molecule has 1 heterocycles. The fourth-order valence-corrected chi connectivity index (χ4v) is 1.49. The highest BCUT2D eigenvalue weighted by Crippen LogP contribution is 2.25. The van der Waals surface area contributed by atoms with Gasteiger partial charge in [0.15, 0.2) is 0 Å². The number of carboxylic acids is 1. The van der Waals surface area contributed by atoms with Gasteiger partial charge < -0.3 is 10.1 Å². The molecule has 0 aliphatic carbocycles. The second kappa shape index (κ2) is 4.52. The van der Waals surface area contributed by atoms with Crippen molar-refractivity contribution < 1.29 is 18.7 Å². The lowest BCUT2D eigenvalue weighted by molar-refractivity contribution is -0.136. The van der Waals surface area contributed by atoms with E-state index in [-0.39, 0.29) is 10.2 Å². The number of alkyl halides is 2. The van der Waals surface area contributed by atoms with Crippen molar-refractivity contribution in [3.05, 3.63) is 32.2 Å². The van der Waals surface area contributed by atoms with E-state index < -0.39 is 29.9 Å². The van der Waals surface area contributed by atoms with Gasteiger partial charge >= 0.3 is 5.97 Å². The zero-order valence-electron chi connectivity index (χ0n) is 7.26. The van der Waals surface area contributed by atoms with Gasteiger partial charge in [0.05, 0.1) is 11.0 Å². The first-order chi connectivity index (χ1) is 6.91. The molecule has 1 rings (SSSR count). The zero-order chi connectivity index (χ0) is 11.6. The number of rotatable bonds is 3. The highest BCUT2D eigenvalue weighted by molar-refractivity contribution is 9.10. The van der Waals surface area contributed by atoms with E-state index in [1.165, 1.54) is 0 Å². The van der Waals surface area contributed by atoms with Gasteiger partial charge in [0, 0.05) is 11.1 Å². The minimum atomic E-state index is -2.77. The molecule has 1 aromatic heterocycles. The Labute approximate surface area is 91.1 Å². The maximum atomic E-state index is 12.4. The van der Waals surface area contributed by atoms with Crippen LogP contribution in [0.4, 0.5) is 8.78 Å². The Bertz CT molecular complexity index is 444. The van der Waals surface area contributed by atoms with Crippen molar-refractivity contribution in [1.29, 1.82) is 0 Å². The summed E-state index contributed by atoms with van der Waals surface area (Å²) in [7, 11) is 0. The van der Waals surface area contributed by atoms with Crippen LogP contribution in [0.1, 0.15) is 17.6 Å². The van der Waals surface area contributed by atoms with Gasteiger partial charge in [-0.3, -0.25) is 9.59 Å². The maximum Gasteiger partial charge on any atom is 0.308 e. The molecule has 0 aliphatic heterocycles. The summed E-state index contributed by atoms with van der Waals surface area (Å²) in [6, 6.07) is 0.891. The average molecular weight is 282 g/mol. The number of carbonyl (C=O) groups is 1. The first-order valence-corrected chi connectivity index (χ1v) is 4.62. The maximum absolute atomic E-state index is 12.4. The van der Waals surface area contributed by atoms with E-state index in [4.69, 9.17) is 5.11 Å². The van der Waals surface area contributed by atoms with Gasteiger partial charge in [-0.15, -0.1) is 0 Å². The van der Waals surface area contributed by atoms with Crippen molar-refractivity contribution >= 4 is 21.9 Å². The van der Waals surface area contributed by atoms with Gasteiger partial charge in [0.1, 0.15) is 0 Å². The molecule has 0 radical (unpaired) electrons. The van der Waals surface area contributed by atoms with E-state index >= 15 is 0 Å². The van der Waals surface area contributed by atoms with E-state index in [9.17, 15) is 18.4 Å². The van der Waals surface area contributed by atoms with Gasteiger partial charge in [0.25, 0.3) is 12.0 Å². The number of H-pyrrole nitrogens is 1. The van der Waals surface area contributed by atoms with Crippen LogP contribution in [-0.4, -0.2) is 16.1 Å². The van der Waals surface area contributed by atoms with Crippen LogP contribution in [0.2, 0.25) is 0 Å². The normalized spacial score (nSPS) is 10.7. The monoisotopic (exact) mass is 281 g/mol. The largest absolute Gasteiger partial charge is 0.481 e. The van der Waals surface area contributed by atoms with E-state index in [2.05, 4.69) is 20.9 Å². The second-order valence-corrected chi connectivity index (χ2v) is 3.56. The topological polar surface area (TPSA) is 70.2 Å². The molecular weight excluding hydrogens is 276 g/mol. The molecule has 0 unspecified atom stereocenters. The van der Waals surface area contributed by atoms with Gasteiger partial charge in [0.2, 0.25) is 0 Å². The number of carboxylic acid groups (broad SMARTS) is 1. The Hall–Kier alpha value is -1.24. The summed E-state index contributed by atoms with van der Waals surface area (Å²) in [4.78, 5) is 23.6. The van der Waals surface area contributed by atoms with Crippen LogP contribution in [0.5, 0.6) is 0 Å². The molecule has 15 heavy (non-hydrogen) atoms. The highest BCUT2D eigenvalue weighted by atomic mass is 79.9. The molecule has 0 bridgehead atoms. The van der Waals surface area contributed by atoms with E-state index in [1.54, 1.807) is 0 Å². The molecule has 0 aliphatic rings. The van der Waals surface area contributed by atoms with E-state index in [1.807, 2.05) is 0 Å². The molecule has 2 N–H and O–H groups in total. The summed E-state index contributed by atoms with van der Waals surface area (Å²) in [5, 5.41) is 8.44. The number of nitrogens with one attached hydrogen (secondary N) is 1. The number of hydrogen-bond acceptors (Lipinski definition) is 2. The van der Waals surface area contributed by atoms with Crippen LogP contribution in [-0.2, 0) is 11.2 Å². The summed E-state index contributed by atoms with van der Waals surface area (Å²) in [6.45, 7) is 0. The molecule has 0 fully saturated rings. The third-order valence-electron chi connectivity index (χ3n) is 1.67. The quantitative estimate of drug-likeness (QED) is 0.829. The van der Waals surface area contributed by atoms with Crippen molar-refractivity contribution in [2.24, 2.45) is 0 Å². The zero-order valence-corrected chi connectivity index (χ0v) is 8.85. The third kappa shape index (κ3) is 2.85. The van der Waals surface area contributed by atoms with Crippen LogP contribution in [0.3, 0.4) is 0 Å².